The molecule has 1 radical (unpaired) electrons. The molecule has 1 aromatic heterocycles. The molecule has 1 saturated carbocycles. The van der Waals surface area contributed by atoms with Crippen molar-refractivity contribution < 1.29 is 42.2 Å². The molecular formula is C26H26Cl2N3O3Y-. The molecule has 1 N–H and O–H groups in total. The topological polar surface area (TPSA) is 73.2 Å². The fourth-order valence-corrected chi connectivity index (χ4v) is 4.88. The summed E-state index contributed by atoms with van der Waals surface area (Å²) in [4.78, 5) is 25.7. The summed E-state index contributed by atoms with van der Waals surface area (Å²) < 4.78 is 7.07. The Morgan fingerprint density at radius 2 is 1.77 bits per heavy atom. The van der Waals surface area contributed by atoms with Crippen molar-refractivity contribution in [2.75, 3.05) is 7.11 Å². The van der Waals surface area contributed by atoms with E-state index in [0.717, 1.165) is 36.8 Å². The van der Waals surface area contributed by atoms with Crippen LogP contribution in [0.15, 0.2) is 53.5 Å². The van der Waals surface area contributed by atoms with Crippen LogP contribution in [0, 0.1) is 6.54 Å². The zero-order valence-corrected chi connectivity index (χ0v) is 23.8. The smallest absolute Gasteiger partial charge is 0.278 e. The number of aromatic nitrogens is 2. The molecule has 0 unspecified atom stereocenters. The molecule has 1 fully saturated rings. The number of amides is 1. The molecule has 0 aliphatic heterocycles. The van der Waals surface area contributed by atoms with E-state index >= 15 is 0 Å². The molecule has 6 nitrogen and oxygen atoms in total. The molecule has 3 aromatic rings. The summed E-state index contributed by atoms with van der Waals surface area (Å²) in [5.41, 5.74) is 2.37. The third-order valence-corrected chi connectivity index (χ3v) is 6.74. The van der Waals surface area contributed by atoms with Crippen LogP contribution in [-0.4, -0.2) is 22.8 Å². The van der Waals surface area contributed by atoms with Gasteiger partial charge in [-0.25, -0.2) is 11.2 Å². The number of hydrogen-bond acceptors (Lipinski definition) is 4. The maximum absolute atomic E-state index is 13.3. The summed E-state index contributed by atoms with van der Waals surface area (Å²) in [5.74, 6) is 0.0947. The van der Waals surface area contributed by atoms with E-state index < -0.39 is 0 Å². The number of hydrogen-bond donors (Lipinski definition) is 1. The number of halogens is 2. The monoisotopic (exact) mass is 587 g/mol. The van der Waals surface area contributed by atoms with Crippen molar-refractivity contribution in [2.24, 2.45) is 0 Å². The fraction of sp³-hybridized carbons (Fsp3) is 0.308. The minimum absolute atomic E-state index is 0. The third-order valence-electron chi connectivity index (χ3n) is 6.11. The molecule has 4 rings (SSSR count). The van der Waals surface area contributed by atoms with E-state index in [1.165, 1.54) is 6.42 Å². The second-order valence-electron chi connectivity index (χ2n) is 8.30. The third kappa shape index (κ3) is 6.54. The number of carbonyl (C=O) groups is 1. The maximum Gasteiger partial charge on any atom is 0.278 e. The van der Waals surface area contributed by atoms with Gasteiger partial charge in [0.15, 0.2) is 5.75 Å². The zero-order chi connectivity index (χ0) is 24.1. The van der Waals surface area contributed by atoms with Crippen molar-refractivity contribution >= 4 is 29.1 Å². The summed E-state index contributed by atoms with van der Waals surface area (Å²) in [6, 6.07) is 12.7. The first-order valence-corrected chi connectivity index (χ1v) is 12.1. The van der Waals surface area contributed by atoms with Crippen LogP contribution >= 0.6 is 23.2 Å². The van der Waals surface area contributed by atoms with E-state index in [-0.39, 0.29) is 55.8 Å². The molecule has 35 heavy (non-hydrogen) atoms. The van der Waals surface area contributed by atoms with Crippen molar-refractivity contribution in [3.63, 3.8) is 0 Å². The van der Waals surface area contributed by atoms with Gasteiger partial charge in [-0.1, -0.05) is 78.4 Å². The van der Waals surface area contributed by atoms with Gasteiger partial charge in [0, 0.05) is 32.7 Å². The largest absolute Gasteiger partial charge is 0.501 e. The van der Waals surface area contributed by atoms with Gasteiger partial charge in [-0.3, -0.25) is 9.59 Å². The van der Waals surface area contributed by atoms with Crippen molar-refractivity contribution in [3.05, 3.63) is 86.7 Å². The molecule has 181 valence electrons. The van der Waals surface area contributed by atoms with Crippen molar-refractivity contribution in [2.45, 2.75) is 44.6 Å². The molecule has 0 saturated heterocycles. The van der Waals surface area contributed by atoms with Gasteiger partial charge < -0.3 is 10.1 Å². The first kappa shape index (κ1) is 27.9. The fourth-order valence-electron chi connectivity index (χ4n) is 4.31. The Hall–Kier alpha value is -1.73. The van der Waals surface area contributed by atoms with Gasteiger partial charge in [0.1, 0.15) is 0 Å². The molecule has 9 heteroatoms. The molecule has 1 heterocycles. The van der Waals surface area contributed by atoms with Crippen LogP contribution in [0.25, 0.3) is 11.1 Å². The van der Waals surface area contributed by atoms with E-state index in [1.807, 2.05) is 24.3 Å². The van der Waals surface area contributed by atoms with Gasteiger partial charge in [-0.2, -0.15) is 5.10 Å². The summed E-state index contributed by atoms with van der Waals surface area (Å²) in [7, 11) is 1.54. The Morgan fingerprint density at radius 3 is 2.40 bits per heavy atom. The molecular weight excluding hydrogens is 562 g/mol. The quantitative estimate of drug-likeness (QED) is 0.351. The first-order valence-electron chi connectivity index (χ1n) is 11.3. The van der Waals surface area contributed by atoms with Crippen molar-refractivity contribution in [3.8, 4) is 16.9 Å². The molecule has 0 atom stereocenters. The Morgan fingerprint density at radius 1 is 1.11 bits per heavy atom. The van der Waals surface area contributed by atoms with E-state index in [4.69, 9.17) is 27.9 Å². The minimum Gasteiger partial charge on any atom is -0.501 e. The van der Waals surface area contributed by atoms with Gasteiger partial charge >= 0.3 is 0 Å². The van der Waals surface area contributed by atoms with E-state index in [9.17, 15) is 9.59 Å². The minimum atomic E-state index is -0.364. The Balaban J connectivity index is 0.00000342. The molecule has 0 spiro atoms. The Labute approximate surface area is 240 Å². The Bertz CT molecular complexity index is 1210. The molecule has 2 aromatic carbocycles. The van der Waals surface area contributed by atoms with Crippen LogP contribution in [-0.2, 0) is 39.1 Å². The van der Waals surface area contributed by atoms with E-state index in [2.05, 4.69) is 10.4 Å². The number of methoxy groups -OCH3 is 1. The van der Waals surface area contributed by atoms with Crippen LogP contribution in [0.4, 0.5) is 0 Å². The average molecular weight is 588 g/mol. The van der Waals surface area contributed by atoms with Crippen LogP contribution < -0.4 is 15.6 Å². The molecule has 1 aliphatic rings. The normalized spacial score (nSPS) is 13.7. The van der Waals surface area contributed by atoms with Gasteiger partial charge in [0.25, 0.3) is 5.56 Å². The second kappa shape index (κ2) is 13.0. The molecule has 1 amide bonds. The molecule has 1 aliphatic carbocycles. The van der Waals surface area contributed by atoms with Gasteiger partial charge in [0.2, 0.25) is 5.91 Å². The van der Waals surface area contributed by atoms with Crippen LogP contribution in [0.3, 0.4) is 0 Å². The summed E-state index contributed by atoms with van der Waals surface area (Å²) in [6.07, 6.45) is 7.50. The van der Waals surface area contributed by atoms with Crippen LogP contribution in [0.5, 0.6) is 5.75 Å². The van der Waals surface area contributed by atoms with Gasteiger partial charge in [0.05, 0.1) is 40.5 Å². The number of benzene rings is 2. The number of ether oxygens (including phenoxy) is 1. The van der Waals surface area contributed by atoms with Crippen LogP contribution in [0.1, 0.15) is 54.1 Å². The van der Waals surface area contributed by atoms with E-state index in [0.29, 0.717) is 27.8 Å². The molecule has 0 bridgehead atoms. The summed E-state index contributed by atoms with van der Waals surface area (Å²) in [5, 5.41) is 7.72. The van der Waals surface area contributed by atoms with Gasteiger partial charge in [-0.05, 0) is 30.5 Å². The van der Waals surface area contributed by atoms with Crippen LogP contribution in [0.2, 0.25) is 10.0 Å². The number of rotatable bonds is 7. The van der Waals surface area contributed by atoms with Gasteiger partial charge in [-0.15, -0.1) is 6.42 Å². The standard InChI is InChI=1S/C26H26Cl2N3O3.Y/c1-34-22-16-30-31(19-6-3-2-4-7-19)26(33)23(22)18-12-10-17(11-13-18)14-15-29-25(32)24-20(27)8-5-9-21(24)28;/h5,8-13,15-16,19H,2-4,6-7,14H2,1H3,(H,29,32);/q-1;. The number of carbonyl (C=O) groups excluding carboxylic acids is 1. The van der Waals surface area contributed by atoms with Crippen molar-refractivity contribution in [1.82, 2.24) is 15.1 Å². The average Bonchev–Trinajstić information content (AvgIpc) is 2.85. The summed E-state index contributed by atoms with van der Waals surface area (Å²) >= 11 is 12.2. The number of nitrogens with one attached hydrogen (secondary N) is 1. The van der Waals surface area contributed by atoms with E-state index in [1.54, 1.807) is 42.7 Å². The number of nitrogens with zero attached hydrogens (tertiary/aromatic N) is 2. The first-order chi connectivity index (χ1) is 16.5. The predicted molar refractivity (Wildman–Crippen MR) is 135 cm³/mol. The maximum atomic E-state index is 13.3. The SMILES string of the molecule is COc1cnn(C2CCCCC2)c(=O)c1-c1ccc(C[CH-]NC(=O)c2c(Cl)cccc2Cl)cc1.[Y]. The Kier molecular flexibility index (Phi) is 10.3. The van der Waals surface area contributed by atoms with Crippen molar-refractivity contribution in [1.29, 1.82) is 0 Å². The zero-order valence-electron chi connectivity index (χ0n) is 19.5. The second-order valence-corrected chi connectivity index (χ2v) is 9.12. The summed E-state index contributed by atoms with van der Waals surface area (Å²) in [6.45, 7) is 1.65. The predicted octanol–water partition coefficient (Wildman–Crippen LogP) is 5.86.